The second-order valence-electron chi connectivity index (χ2n) is 4.13. The summed E-state index contributed by atoms with van der Waals surface area (Å²) in [6.07, 6.45) is 7.69. The SMILES string of the molecule is C#CC(C)N=C(CC)SCCNc1ncnc(Cl)c1C. The first kappa shape index (κ1) is 16.8. The Bertz CT molecular complexity index is 510. The fourth-order valence-electron chi connectivity index (χ4n) is 1.43. The fourth-order valence-corrected chi connectivity index (χ4v) is 2.44. The molecular formula is C14H19ClN4S. The van der Waals surface area contributed by atoms with E-state index >= 15 is 0 Å². The molecule has 0 aromatic carbocycles. The monoisotopic (exact) mass is 310 g/mol. The molecule has 1 aromatic heterocycles. The summed E-state index contributed by atoms with van der Waals surface area (Å²) in [6.45, 7) is 6.67. The second-order valence-corrected chi connectivity index (χ2v) is 5.66. The first-order chi connectivity index (χ1) is 9.58. The number of terminal acetylenes is 1. The first-order valence-corrected chi connectivity index (χ1v) is 7.81. The zero-order chi connectivity index (χ0) is 15.0. The van der Waals surface area contributed by atoms with Gasteiger partial charge in [-0.25, -0.2) is 9.97 Å². The van der Waals surface area contributed by atoms with Gasteiger partial charge in [0.25, 0.3) is 0 Å². The van der Waals surface area contributed by atoms with E-state index in [2.05, 4.69) is 33.1 Å². The van der Waals surface area contributed by atoms with Gasteiger partial charge in [-0.1, -0.05) is 24.4 Å². The van der Waals surface area contributed by atoms with E-state index in [9.17, 15) is 0 Å². The van der Waals surface area contributed by atoms with Crippen molar-refractivity contribution in [1.29, 1.82) is 0 Å². The van der Waals surface area contributed by atoms with E-state index in [-0.39, 0.29) is 6.04 Å². The predicted octanol–water partition coefficient (Wildman–Crippen LogP) is 3.41. The van der Waals surface area contributed by atoms with Gasteiger partial charge < -0.3 is 5.32 Å². The lowest BCUT2D eigenvalue weighted by Gasteiger charge is -2.09. The van der Waals surface area contributed by atoms with Crippen LogP contribution in [0.15, 0.2) is 11.3 Å². The maximum atomic E-state index is 5.94. The second kappa shape index (κ2) is 8.83. The maximum Gasteiger partial charge on any atom is 0.137 e. The average Bonchev–Trinajstić information content (AvgIpc) is 2.46. The zero-order valence-corrected chi connectivity index (χ0v) is 13.6. The molecule has 0 radical (unpaired) electrons. The number of hydrogen-bond acceptors (Lipinski definition) is 5. The number of halogens is 1. The molecule has 4 nitrogen and oxygen atoms in total. The highest BCUT2D eigenvalue weighted by atomic mass is 35.5. The highest BCUT2D eigenvalue weighted by Gasteiger charge is 2.05. The molecule has 0 aliphatic rings. The summed E-state index contributed by atoms with van der Waals surface area (Å²) >= 11 is 7.65. The Morgan fingerprint density at radius 2 is 2.35 bits per heavy atom. The first-order valence-electron chi connectivity index (χ1n) is 6.45. The minimum Gasteiger partial charge on any atom is -0.369 e. The molecular weight excluding hydrogens is 292 g/mol. The molecule has 20 heavy (non-hydrogen) atoms. The third-order valence-corrected chi connectivity index (χ3v) is 4.08. The number of aliphatic imine (C=N–C) groups is 1. The molecule has 1 unspecified atom stereocenters. The molecule has 0 aliphatic heterocycles. The Hall–Kier alpha value is -1.25. The smallest absolute Gasteiger partial charge is 0.137 e. The fraction of sp³-hybridized carbons (Fsp3) is 0.500. The average molecular weight is 311 g/mol. The third kappa shape index (κ3) is 5.40. The van der Waals surface area contributed by atoms with Gasteiger partial charge >= 0.3 is 0 Å². The summed E-state index contributed by atoms with van der Waals surface area (Å²) < 4.78 is 0. The number of rotatable bonds is 6. The highest BCUT2D eigenvalue weighted by Crippen LogP contribution is 2.18. The van der Waals surface area contributed by atoms with E-state index in [0.29, 0.717) is 5.15 Å². The lowest BCUT2D eigenvalue weighted by atomic mass is 10.3. The number of thioether (sulfide) groups is 1. The topological polar surface area (TPSA) is 50.2 Å². The van der Waals surface area contributed by atoms with Crippen molar-refractivity contribution >= 4 is 34.2 Å². The van der Waals surface area contributed by atoms with Gasteiger partial charge in [0.15, 0.2) is 0 Å². The van der Waals surface area contributed by atoms with Gasteiger partial charge in [-0.05, 0) is 20.3 Å². The van der Waals surface area contributed by atoms with Crippen molar-refractivity contribution in [2.75, 3.05) is 17.6 Å². The molecule has 1 aromatic rings. The van der Waals surface area contributed by atoms with Crippen LogP contribution >= 0.6 is 23.4 Å². The Morgan fingerprint density at radius 3 is 3.00 bits per heavy atom. The molecule has 0 aliphatic carbocycles. The van der Waals surface area contributed by atoms with Crippen LogP contribution < -0.4 is 5.32 Å². The summed E-state index contributed by atoms with van der Waals surface area (Å²) in [5.74, 6) is 4.28. The van der Waals surface area contributed by atoms with E-state index in [1.54, 1.807) is 11.8 Å². The van der Waals surface area contributed by atoms with Crippen LogP contribution in [0.4, 0.5) is 5.82 Å². The van der Waals surface area contributed by atoms with Gasteiger partial charge in [0.2, 0.25) is 0 Å². The van der Waals surface area contributed by atoms with Crippen molar-refractivity contribution in [3.05, 3.63) is 17.0 Å². The van der Waals surface area contributed by atoms with Crippen LogP contribution in [0.2, 0.25) is 5.15 Å². The van der Waals surface area contributed by atoms with Crippen LogP contribution in [-0.4, -0.2) is 33.4 Å². The number of nitrogens with zero attached hydrogens (tertiary/aromatic N) is 3. The zero-order valence-electron chi connectivity index (χ0n) is 12.0. The van der Waals surface area contributed by atoms with E-state index in [0.717, 1.165) is 35.1 Å². The molecule has 0 spiro atoms. The molecule has 0 saturated heterocycles. The van der Waals surface area contributed by atoms with Gasteiger partial charge in [0, 0.05) is 17.9 Å². The van der Waals surface area contributed by atoms with Crippen LogP contribution in [0.3, 0.4) is 0 Å². The molecule has 108 valence electrons. The van der Waals surface area contributed by atoms with Crippen LogP contribution in [-0.2, 0) is 0 Å². The Labute approximate surface area is 129 Å². The van der Waals surface area contributed by atoms with Crippen molar-refractivity contribution < 1.29 is 0 Å². The van der Waals surface area contributed by atoms with Crippen molar-refractivity contribution in [3.8, 4) is 12.3 Å². The molecule has 0 amide bonds. The van der Waals surface area contributed by atoms with Crippen molar-refractivity contribution in [2.24, 2.45) is 4.99 Å². The number of nitrogens with one attached hydrogen (secondary N) is 1. The minimum absolute atomic E-state index is 0.0617. The lowest BCUT2D eigenvalue weighted by Crippen LogP contribution is -2.09. The highest BCUT2D eigenvalue weighted by molar-refractivity contribution is 8.13. The summed E-state index contributed by atoms with van der Waals surface area (Å²) in [4.78, 5) is 12.5. The van der Waals surface area contributed by atoms with E-state index in [1.807, 2.05) is 13.8 Å². The van der Waals surface area contributed by atoms with E-state index in [4.69, 9.17) is 18.0 Å². The van der Waals surface area contributed by atoms with Crippen molar-refractivity contribution in [1.82, 2.24) is 9.97 Å². The third-order valence-electron chi connectivity index (χ3n) is 2.57. The van der Waals surface area contributed by atoms with Gasteiger partial charge in [0.1, 0.15) is 23.3 Å². The molecule has 1 rings (SSSR count). The van der Waals surface area contributed by atoms with Crippen molar-refractivity contribution in [3.63, 3.8) is 0 Å². The molecule has 0 fully saturated rings. The summed E-state index contributed by atoms with van der Waals surface area (Å²) in [5.41, 5.74) is 0.865. The lowest BCUT2D eigenvalue weighted by molar-refractivity contribution is 0.957. The molecule has 0 saturated carbocycles. The molecule has 1 N–H and O–H groups in total. The van der Waals surface area contributed by atoms with Gasteiger partial charge in [0.05, 0.1) is 5.04 Å². The normalized spacial score (nSPS) is 12.8. The molecule has 1 atom stereocenters. The maximum absolute atomic E-state index is 5.94. The molecule has 6 heteroatoms. The molecule has 0 bridgehead atoms. The van der Waals surface area contributed by atoms with Crippen LogP contribution in [0, 0.1) is 19.3 Å². The number of anilines is 1. The van der Waals surface area contributed by atoms with Crippen LogP contribution in [0.5, 0.6) is 0 Å². The quantitative estimate of drug-likeness (QED) is 0.288. The Morgan fingerprint density at radius 1 is 1.60 bits per heavy atom. The van der Waals surface area contributed by atoms with Crippen LogP contribution in [0.25, 0.3) is 0 Å². The standard InChI is InChI=1S/C14H19ClN4S/c1-5-10(3)19-12(6-2)20-8-7-16-14-11(4)13(15)17-9-18-14/h1,9-10H,6-8H2,2-4H3,(H,16,17,18). The van der Waals surface area contributed by atoms with Crippen molar-refractivity contribution in [2.45, 2.75) is 33.2 Å². The number of hydrogen-bond donors (Lipinski definition) is 1. The van der Waals surface area contributed by atoms with Gasteiger partial charge in [-0.2, -0.15) is 0 Å². The predicted molar refractivity (Wildman–Crippen MR) is 88.7 cm³/mol. The van der Waals surface area contributed by atoms with E-state index < -0.39 is 0 Å². The Kier molecular flexibility index (Phi) is 7.42. The Balaban J connectivity index is 2.43. The van der Waals surface area contributed by atoms with E-state index in [1.165, 1.54) is 6.33 Å². The van der Waals surface area contributed by atoms with Gasteiger partial charge in [-0.3, -0.25) is 4.99 Å². The summed E-state index contributed by atoms with van der Waals surface area (Å²) in [6, 6.07) is -0.0617. The summed E-state index contributed by atoms with van der Waals surface area (Å²) in [5, 5.41) is 4.81. The number of aromatic nitrogens is 2. The largest absolute Gasteiger partial charge is 0.369 e. The summed E-state index contributed by atoms with van der Waals surface area (Å²) in [7, 11) is 0. The minimum atomic E-state index is -0.0617. The van der Waals surface area contributed by atoms with Crippen LogP contribution in [0.1, 0.15) is 25.8 Å². The molecule has 1 heterocycles. The van der Waals surface area contributed by atoms with Gasteiger partial charge in [-0.15, -0.1) is 18.2 Å².